The molecule has 0 aliphatic heterocycles. The van der Waals surface area contributed by atoms with Gasteiger partial charge in [-0.3, -0.25) is 4.79 Å². The molecule has 162 valence electrons. The first kappa shape index (κ1) is 21.0. The topological polar surface area (TPSA) is 57.9 Å². The van der Waals surface area contributed by atoms with E-state index in [0.717, 1.165) is 41.9 Å². The van der Waals surface area contributed by atoms with Crippen LogP contribution in [0.4, 0.5) is 0 Å². The average molecular weight is 421 g/mol. The summed E-state index contributed by atoms with van der Waals surface area (Å²) in [7, 11) is 0. The van der Waals surface area contributed by atoms with Crippen molar-refractivity contribution in [3.63, 3.8) is 0 Å². The molecule has 5 nitrogen and oxygen atoms in total. The highest BCUT2D eigenvalue weighted by Crippen LogP contribution is 2.37. The van der Waals surface area contributed by atoms with Crippen LogP contribution in [0.1, 0.15) is 43.2 Å². The monoisotopic (exact) mass is 420 g/mol. The molecular weight excluding hydrogens is 392 g/mol. The number of hydrogen-bond acceptors (Lipinski definition) is 5. The van der Waals surface area contributed by atoms with Gasteiger partial charge in [0.15, 0.2) is 0 Å². The first-order valence-electron chi connectivity index (χ1n) is 10.9. The van der Waals surface area contributed by atoms with Crippen molar-refractivity contribution in [1.29, 1.82) is 0 Å². The van der Waals surface area contributed by atoms with Crippen LogP contribution in [0, 0.1) is 0 Å². The maximum atomic E-state index is 11.8. The van der Waals surface area contributed by atoms with E-state index in [4.69, 9.17) is 18.6 Å². The quantitative estimate of drug-likeness (QED) is 0.307. The molecule has 2 aromatic carbocycles. The SMILES string of the molecule is CCOC(=O)C[C@@H]1CCc2cc(OCCCOc3ccc(-c4ccoc4)cc3)ccc21. The Morgan fingerprint density at radius 3 is 2.52 bits per heavy atom. The lowest BCUT2D eigenvalue weighted by Gasteiger charge is -2.12. The van der Waals surface area contributed by atoms with Gasteiger partial charge in [-0.1, -0.05) is 18.2 Å². The van der Waals surface area contributed by atoms with Crippen molar-refractivity contribution < 1.29 is 23.4 Å². The third-order valence-corrected chi connectivity index (χ3v) is 5.57. The Morgan fingerprint density at radius 2 is 1.77 bits per heavy atom. The van der Waals surface area contributed by atoms with Crippen LogP contribution in [0.25, 0.3) is 11.1 Å². The lowest BCUT2D eigenvalue weighted by Crippen LogP contribution is -2.08. The Hall–Kier alpha value is -3.21. The van der Waals surface area contributed by atoms with E-state index in [1.807, 2.05) is 43.3 Å². The molecule has 0 saturated heterocycles. The molecule has 1 atom stereocenters. The minimum absolute atomic E-state index is 0.114. The van der Waals surface area contributed by atoms with Crippen molar-refractivity contribution in [2.75, 3.05) is 19.8 Å². The molecule has 0 saturated carbocycles. The molecule has 1 aliphatic rings. The van der Waals surface area contributed by atoms with Crippen molar-refractivity contribution in [2.45, 2.75) is 38.5 Å². The Kier molecular flexibility index (Phi) is 6.92. The number of furan rings is 1. The summed E-state index contributed by atoms with van der Waals surface area (Å²) in [5.74, 6) is 1.87. The molecule has 0 N–H and O–H groups in total. The van der Waals surface area contributed by atoms with Gasteiger partial charge in [-0.05, 0) is 72.7 Å². The second-order valence-electron chi connectivity index (χ2n) is 7.69. The van der Waals surface area contributed by atoms with Gasteiger partial charge in [-0.15, -0.1) is 0 Å². The van der Waals surface area contributed by atoms with Crippen LogP contribution in [0.3, 0.4) is 0 Å². The molecule has 1 aliphatic carbocycles. The largest absolute Gasteiger partial charge is 0.493 e. The van der Waals surface area contributed by atoms with Crippen molar-refractivity contribution in [3.05, 3.63) is 72.2 Å². The zero-order chi connectivity index (χ0) is 21.5. The molecule has 0 amide bonds. The minimum Gasteiger partial charge on any atom is -0.493 e. The van der Waals surface area contributed by atoms with Crippen molar-refractivity contribution >= 4 is 5.97 Å². The third-order valence-electron chi connectivity index (χ3n) is 5.57. The van der Waals surface area contributed by atoms with E-state index in [2.05, 4.69) is 12.1 Å². The van der Waals surface area contributed by atoms with E-state index in [9.17, 15) is 4.79 Å². The number of esters is 1. The standard InChI is InChI=1S/C26H28O5/c1-2-29-26(27)17-21-5-4-20-16-24(10-11-25(20)21)31-14-3-13-30-23-8-6-19(7-9-23)22-12-15-28-18-22/h6-12,15-16,18,21H,2-5,13-14,17H2,1H3/t21-/m0/s1. The van der Waals surface area contributed by atoms with Crippen molar-refractivity contribution in [1.82, 2.24) is 0 Å². The van der Waals surface area contributed by atoms with E-state index in [1.54, 1.807) is 12.5 Å². The first-order chi connectivity index (χ1) is 15.2. The van der Waals surface area contributed by atoms with Gasteiger partial charge in [-0.2, -0.15) is 0 Å². The fourth-order valence-corrected chi connectivity index (χ4v) is 4.02. The van der Waals surface area contributed by atoms with Crippen LogP contribution in [0.15, 0.2) is 65.5 Å². The van der Waals surface area contributed by atoms with Gasteiger partial charge in [0.1, 0.15) is 11.5 Å². The summed E-state index contributed by atoms with van der Waals surface area (Å²) in [6.45, 7) is 3.47. The van der Waals surface area contributed by atoms with E-state index in [-0.39, 0.29) is 11.9 Å². The Labute approximate surface area is 182 Å². The molecular formula is C26H28O5. The summed E-state index contributed by atoms with van der Waals surface area (Å²) in [5, 5.41) is 0. The molecule has 5 heteroatoms. The van der Waals surface area contributed by atoms with E-state index in [1.165, 1.54) is 11.1 Å². The van der Waals surface area contributed by atoms with E-state index < -0.39 is 0 Å². The second kappa shape index (κ2) is 10.2. The molecule has 3 aromatic rings. The number of benzene rings is 2. The van der Waals surface area contributed by atoms with Gasteiger partial charge in [-0.25, -0.2) is 0 Å². The fourth-order valence-electron chi connectivity index (χ4n) is 4.02. The Morgan fingerprint density at radius 1 is 1.00 bits per heavy atom. The van der Waals surface area contributed by atoms with Gasteiger partial charge in [0, 0.05) is 12.0 Å². The van der Waals surface area contributed by atoms with Crippen molar-refractivity contribution in [2.24, 2.45) is 0 Å². The maximum Gasteiger partial charge on any atom is 0.306 e. The number of ether oxygens (including phenoxy) is 3. The molecule has 0 bridgehead atoms. The lowest BCUT2D eigenvalue weighted by atomic mass is 9.98. The normalized spacial score (nSPS) is 14.8. The van der Waals surface area contributed by atoms with Gasteiger partial charge in [0.2, 0.25) is 0 Å². The zero-order valence-electron chi connectivity index (χ0n) is 17.8. The van der Waals surface area contributed by atoms with Crippen molar-refractivity contribution in [3.8, 4) is 22.6 Å². The van der Waals surface area contributed by atoms with Crippen LogP contribution in [-0.4, -0.2) is 25.8 Å². The molecule has 0 fully saturated rings. The summed E-state index contributed by atoms with van der Waals surface area (Å²) in [4.78, 5) is 11.8. The van der Waals surface area contributed by atoms with Crippen LogP contribution < -0.4 is 9.47 Å². The number of rotatable bonds is 10. The maximum absolute atomic E-state index is 11.8. The first-order valence-corrected chi connectivity index (χ1v) is 10.9. The zero-order valence-corrected chi connectivity index (χ0v) is 17.8. The molecule has 4 rings (SSSR count). The number of fused-ring (bicyclic) bond motifs is 1. The van der Waals surface area contributed by atoms with Crippen LogP contribution >= 0.6 is 0 Å². The van der Waals surface area contributed by atoms with Crippen LogP contribution in [-0.2, 0) is 16.0 Å². The summed E-state index contributed by atoms with van der Waals surface area (Å²) in [6, 6.07) is 16.1. The summed E-state index contributed by atoms with van der Waals surface area (Å²) in [5.41, 5.74) is 4.69. The summed E-state index contributed by atoms with van der Waals surface area (Å²) in [6.07, 6.45) is 6.63. The lowest BCUT2D eigenvalue weighted by molar-refractivity contribution is -0.143. The number of aryl methyl sites for hydroxylation is 1. The number of carbonyl (C=O) groups is 1. The van der Waals surface area contributed by atoms with E-state index in [0.29, 0.717) is 26.2 Å². The predicted octanol–water partition coefficient (Wildman–Crippen LogP) is 5.78. The van der Waals surface area contributed by atoms with Crippen LogP contribution in [0.2, 0.25) is 0 Å². The highest BCUT2D eigenvalue weighted by atomic mass is 16.5. The molecule has 0 spiro atoms. The highest BCUT2D eigenvalue weighted by Gasteiger charge is 2.25. The second-order valence-corrected chi connectivity index (χ2v) is 7.69. The van der Waals surface area contributed by atoms with Gasteiger partial charge >= 0.3 is 5.97 Å². The average Bonchev–Trinajstić information content (AvgIpc) is 3.45. The number of hydrogen-bond donors (Lipinski definition) is 0. The fraction of sp³-hybridized carbons (Fsp3) is 0.346. The summed E-state index contributed by atoms with van der Waals surface area (Å²) >= 11 is 0. The summed E-state index contributed by atoms with van der Waals surface area (Å²) < 4.78 is 21.9. The molecule has 1 heterocycles. The van der Waals surface area contributed by atoms with Gasteiger partial charge < -0.3 is 18.6 Å². The molecule has 31 heavy (non-hydrogen) atoms. The smallest absolute Gasteiger partial charge is 0.306 e. The molecule has 0 radical (unpaired) electrons. The minimum atomic E-state index is -0.114. The van der Waals surface area contributed by atoms with Crippen LogP contribution in [0.5, 0.6) is 11.5 Å². The van der Waals surface area contributed by atoms with Gasteiger partial charge in [0.25, 0.3) is 0 Å². The predicted molar refractivity (Wildman–Crippen MR) is 119 cm³/mol. The van der Waals surface area contributed by atoms with Gasteiger partial charge in [0.05, 0.1) is 38.8 Å². The Bertz CT molecular complexity index is 976. The molecule has 0 unspecified atom stereocenters. The third kappa shape index (κ3) is 5.48. The highest BCUT2D eigenvalue weighted by molar-refractivity contribution is 5.71. The Balaban J connectivity index is 1.20. The molecule has 1 aromatic heterocycles. The number of carbonyl (C=O) groups excluding carboxylic acids is 1. The van der Waals surface area contributed by atoms with E-state index >= 15 is 0 Å².